The Hall–Kier alpha value is -3.36. The van der Waals surface area contributed by atoms with Gasteiger partial charge in [-0.1, -0.05) is 12.1 Å². The van der Waals surface area contributed by atoms with E-state index in [4.69, 9.17) is 0 Å². The maximum Gasteiger partial charge on any atom is 0.255 e. The van der Waals surface area contributed by atoms with Crippen LogP contribution < -0.4 is 20.9 Å². The maximum absolute atomic E-state index is 13.0. The summed E-state index contributed by atoms with van der Waals surface area (Å²) in [5, 5.41) is 8.80. The zero-order valence-electron chi connectivity index (χ0n) is 21.4. The summed E-state index contributed by atoms with van der Waals surface area (Å²) in [7, 11) is 1.64. The Morgan fingerprint density at radius 3 is 2.44 bits per heavy atom. The number of hydrogen-bond acceptors (Lipinski definition) is 5. The summed E-state index contributed by atoms with van der Waals surface area (Å²) in [5.41, 5.74) is 1.50. The minimum absolute atomic E-state index is 0.101. The topological polar surface area (TPSA) is 106 Å². The molecule has 3 N–H and O–H groups in total. The van der Waals surface area contributed by atoms with Gasteiger partial charge in [0.15, 0.2) is 0 Å². The Morgan fingerprint density at radius 1 is 1.08 bits per heavy atom. The molecule has 2 aliphatic heterocycles. The third-order valence-corrected chi connectivity index (χ3v) is 7.43. The average Bonchev–Trinajstić information content (AvgIpc) is 3.47. The Kier molecular flexibility index (Phi) is 8.28. The number of rotatable bonds is 9. The van der Waals surface area contributed by atoms with Gasteiger partial charge in [-0.25, -0.2) is 0 Å². The van der Waals surface area contributed by atoms with Gasteiger partial charge in [0.25, 0.3) is 5.91 Å². The highest BCUT2D eigenvalue weighted by molar-refractivity contribution is 6.00. The van der Waals surface area contributed by atoms with Gasteiger partial charge < -0.3 is 25.8 Å². The van der Waals surface area contributed by atoms with Crippen molar-refractivity contribution in [3.05, 3.63) is 41.6 Å². The van der Waals surface area contributed by atoms with Gasteiger partial charge in [0.1, 0.15) is 5.54 Å². The number of aliphatic imine (C=N–C) groups is 1. The van der Waals surface area contributed by atoms with Crippen LogP contribution in [0.25, 0.3) is 0 Å². The van der Waals surface area contributed by atoms with Gasteiger partial charge in [0.2, 0.25) is 11.8 Å². The second kappa shape index (κ2) is 11.6. The molecule has 3 aliphatic rings. The number of carbonyl (C=O) groups excluding carboxylic acids is 3. The van der Waals surface area contributed by atoms with Crippen molar-refractivity contribution >= 4 is 29.7 Å². The van der Waals surface area contributed by atoms with Crippen LogP contribution in [-0.4, -0.2) is 74.3 Å². The van der Waals surface area contributed by atoms with Crippen molar-refractivity contribution in [1.29, 1.82) is 0 Å². The molecule has 1 aliphatic carbocycles. The lowest BCUT2D eigenvalue weighted by Crippen LogP contribution is -2.50. The van der Waals surface area contributed by atoms with Crippen LogP contribution in [0.4, 0.5) is 5.69 Å². The highest BCUT2D eigenvalue weighted by atomic mass is 16.2. The molecule has 2 heterocycles. The maximum atomic E-state index is 13.0. The van der Waals surface area contributed by atoms with Crippen molar-refractivity contribution in [2.75, 3.05) is 44.7 Å². The van der Waals surface area contributed by atoms with E-state index in [1.165, 1.54) is 6.34 Å². The van der Waals surface area contributed by atoms with Crippen LogP contribution in [0.2, 0.25) is 0 Å². The first-order valence-electron chi connectivity index (χ1n) is 13.0. The molecule has 1 aromatic rings. The summed E-state index contributed by atoms with van der Waals surface area (Å²) >= 11 is 0. The molecule has 0 bridgehead atoms. The van der Waals surface area contributed by atoms with Gasteiger partial charge in [0, 0.05) is 57.2 Å². The Morgan fingerprint density at radius 2 is 1.78 bits per heavy atom. The molecular formula is C27H38N6O3. The van der Waals surface area contributed by atoms with Gasteiger partial charge in [0.05, 0.1) is 11.9 Å². The second-order valence-corrected chi connectivity index (χ2v) is 10.1. The molecule has 0 atom stereocenters. The highest BCUT2D eigenvalue weighted by Crippen LogP contribution is 2.36. The molecule has 2 saturated heterocycles. The van der Waals surface area contributed by atoms with Gasteiger partial charge in [-0.3, -0.25) is 19.4 Å². The van der Waals surface area contributed by atoms with Crippen LogP contribution in [0.1, 0.15) is 55.8 Å². The van der Waals surface area contributed by atoms with Gasteiger partial charge in [-0.05, 0) is 63.5 Å². The zero-order valence-corrected chi connectivity index (χ0v) is 21.4. The Bertz CT molecular complexity index is 1020. The molecular weight excluding hydrogens is 456 g/mol. The molecule has 0 unspecified atom stereocenters. The number of carbonyl (C=O) groups is 3. The molecule has 9 heteroatoms. The predicted molar refractivity (Wildman–Crippen MR) is 141 cm³/mol. The van der Waals surface area contributed by atoms with Crippen molar-refractivity contribution in [3.8, 4) is 0 Å². The molecule has 9 nitrogen and oxygen atoms in total. The summed E-state index contributed by atoms with van der Waals surface area (Å²) in [5.74, 6) is 0.150. The smallest absolute Gasteiger partial charge is 0.255 e. The number of nitrogens with one attached hydrogen (secondary N) is 3. The average molecular weight is 495 g/mol. The number of benzene rings is 1. The standard InChI is InChI=1S/C27H38N6O3/c1-20(17-29-19-28-2)24(34)31-27(11-12-27)26(36)30-18-21-9-15-32(16-10-21)23-8-4-3-7-22(23)25(35)33-13-5-6-14-33/h3-4,7-8,17,19,21H,5-6,9-16,18H2,1-2H3,(H,28,29)(H,30,36)(H,31,34)/b20-17+. The lowest BCUT2D eigenvalue weighted by atomic mass is 9.95. The van der Waals surface area contributed by atoms with Crippen molar-refractivity contribution in [2.45, 2.75) is 51.0 Å². The van der Waals surface area contributed by atoms with E-state index in [0.29, 0.717) is 30.9 Å². The molecule has 1 saturated carbocycles. The quantitative estimate of drug-likeness (QED) is 0.277. The van der Waals surface area contributed by atoms with E-state index in [0.717, 1.165) is 63.1 Å². The minimum atomic E-state index is -0.791. The highest BCUT2D eigenvalue weighted by Gasteiger charge is 2.51. The number of para-hydroxylation sites is 1. The second-order valence-electron chi connectivity index (χ2n) is 10.1. The number of piperidine rings is 1. The third kappa shape index (κ3) is 6.06. The van der Waals surface area contributed by atoms with Crippen molar-refractivity contribution < 1.29 is 14.4 Å². The van der Waals surface area contributed by atoms with Gasteiger partial charge in [-0.2, -0.15) is 0 Å². The monoisotopic (exact) mass is 494 g/mol. The summed E-state index contributed by atoms with van der Waals surface area (Å²) in [6.45, 7) is 5.69. The summed E-state index contributed by atoms with van der Waals surface area (Å²) in [4.78, 5) is 46.5. The van der Waals surface area contributed by atoms with Crippen LogP contribution in [0.15, 0.2) is 41.0 Å². The molecule has 36 heavy (non-hydrogen) atoms. The SMILES string of the molecule is CN=CN/C=C(\C)C(=O)NC1(C(=O)NCC2CCN(c3ccccc3C(=O)N3CCCC3)CC2)CC1. The number of nitrogens with zero attached hydrogens (tertiary/aromatic N) is 3. The van der Waals surface area contributed by atoms with E-state index in [2.05, 4.69) is 25.8 Å². The molecule has 3 fully saturated rings. The predicted octanol–water partition coefficient (Wildman–Crippen LogP) is 2.06. The molecule has 3 amide bonds. The first kappa shape index (κ1) is 25.7. The third-order valence-electron chi connectivity index (χ3n) is 7.43. The summed E-state index contributed by atoms with van der Waals surface area (Å²) in [6.07, 6.45) is 8.42. The van der Waals surface area contributed by atoms with E-state index >= 15 is 0 Å². The first-order valence-corrected chi connectivity index (χ1v) is 13.0. The first-order chi connectivity index (χ1) is 17.4. The largest absolute Gasteiger partial charge is 0.371 e. The zero-order chi connectivity index (χ0) is 25.5. The van der Waals surface area contributed by atoms with Crippen LogP contribution in [0, 0.1) is 5.92 Å². The van der Waals surface area contributed by atoms with Crippen molar-refractivity contribution in [2.24, 2.45) is 10.9 Å². The summed E-state index contributed by atoms with van der Waals surface area (Å²) < 4.78 is 0. The van der Waals surface area contributed by atoms with E-state index in [9.17, 15) is 14.4 Å². The van der Waals surface area contributed by atoms with Crippen molar-refractivity contribution in [1.82, 2.24) is 20.9 Å². The number of amides is 3. The normalized spacial score (nSPS) is 19.9. The lowest BCUT2D eigenvalue weighted by molar-refractivity contribution is -0.128. The van der Waals surface area contributed by atoms with Crippen LogP contribution in [0.5, 0.6) is 0 Å². The molecule has 0 aromatic heterocycles. The fraction of sp³-hybridized carbons (Fsp3) is 0.556. The van der Waals surface area contributed by atoms with Gasteiger partial charge in [-0.15, -0.1) is 0 Å². The summed E-state index contributed by atoms with van der Waals surface area (Å²) in [6, 6.07) is 7.92. The van der Waals surface area contributed by atoms with Crippen LogP contribution >= 0.6 is 0 Å². The minimum Gasteiger partial charge on any atom is -0.371 e. The Labute approximate surface area is 213 Å². The van der Waals surface area contributed by atoms with Crippen molar-refractivity contribution in [3.63, 3.8) is 0 Å². The van der Waals surface area contributed by atoms with Crippen LogP contribution in [0.3, 0.4) is 0 Å². The van der Waals surface area contributed by atoms with E-state index < -0.39 is 5.54 Å². The molecule has 4 rings (SSSR count). The molecule has 0 radical (unpaired) electrons. The molecule has 194 valence electrons. The van der Waals surface area contributed by atoms with E-state index in [1.54, 1.807) is 20.2 Å². The number of hydrogen-bond donors (Lipinski definition) is 3. The Balaban J connectivity index is 1.26. The fourth-order valence-corrected chi connectivity index (χ4v) is 4.96. The molecule has 1 aromatic carbocycles. The van der Waals surface area contributed by atoms with E-state index in [-0.39, 0.29) is 17.7 Å². The van der Waals surface area contributed by atoms with Crippen LogP contribution in [-0.2, 0) is 9.59 Å². The molecule has 0 spiro atoms. The fourth-order valence-electron chi connectivity index (χ4n) is 4.96. The van der Waals surface area contributed by atoms with Gasteiger partial charge >= 0.3 is 0 Å². The lowest BCUT2D eigenvalue weighted by Gasteiger charge is -2.35. The number of likely N-dealkylation sites (tertiary alicyclic amines) is 1. The number of anilines is 1. The van der Waals surface area contributed by atoms with E-state index in [1.807, 2.05) is 29.2 Å².